The highest BCUT2D eigenvalue weighted by molar-refractivity contribution is 5.83. The number of ether oxygens (including phenoxy) is 1. The summed E-state index contributed by atoms with van der Waals surface area (Å²) >= 11 is 0. The van der Waals surface area contributed by atoms with Crippen LogP contribution in [0, 0.1) is 5.41 Å². The summed E-state index contributed by atoms with van der Waals surface area (Å²) in [7, 11) is 1.72. The van der Waals surface area contributed by atoms with Crippen LogP contribution in [-0.2, 0) is 22.6 Å². The van der Waals surface area contributed by atoms with Crippen molar-refractivity contribution >= 4 is 11.8 Å². The third kappa shape index (κ3) is 5.16. The first-order valence-electron chi connectivity index (χ1n) is 11.6. The molecule has 1 aliphatic rings. The highest BCUT2D eigenvalue weighted by Gasteiger charge is 2.37. The summed E-state index contributed by atoms with van der Waals surface area (Å²) in [4.78, 5) is 29.5. The van der Waals surface area contributed by atoms with Crippen LogP contribution >= 0.6 is 0 Å². The van der Waals surface area contributed by atoms with Gasteiger partial charge in [0.25, 0.3) is 5.91 Å². The number of nitrogens with zero attached hydrogens (tertiary/aromatic N) is 2. The van der Waals surface area contributed by atoms with Gasteiger partial charge in [-0.15, -0.1) is 0 Å². The third-order valence-electron chi connectivity index (χ3n) is 6.12. The van der Waals surface area contributed by atoms with Gasteiger partial charge in [-0.3, -0.25) is 9.59 Å². The van der Waals surface area contributed by atoms with Gasteiger partial charge in [-0.2, -0.15) is 0 Å². The second-order valence-corrected chi connectivity index (χ2v) is 9.79. The Morgan fingerprint density at radius 2 is 1.85 bits per heavy atom. The van der Waals surface area contributed by atoms with Crippen LogP contribution in [0.15, 0.2) is 71.3 Å². The molecule has 0 bridgehead atoms. The van der Waals surface area contributed by atoms with Gasteiger partial charge in [0.2, 0.25) is 5.91 Å². The van der Waals surface area contributed by atoms with Gasteiger partial charge in [0.05, 0.1) is 18.8 Å². The van der Waals surface area contributed by atoms with Crippen LogP contribution in [0.2, 0.25) is 0 Å². The molecule has 0 saturated carbocycles. The van der Waals surface area contributed by atoms with Crippen molar-refractivity contribution in [2.75, 3.05) is 20.2 Å². The van der Waals surface area contributed by atoms with Crippen LogP contribution in [0.3, 0.4) is 0 Å². The molecule has 6 heteroatoms. The van der Waals surface area contributed by atoms with E-state index < -0.39 is 5.41 Å². The molecule has 0 saturated heterocycles. The predicted molar refractivity (Wildman–Crippen MR) is 130 cm³/mol. The highest BCUT2D eigenvalue weighted by atomic mass is 16.5. The number of benzene rings is 2. The molecule has 1 aromatic heterocycles. The van der Waals surface area contributed by atoms with Gasteiger partial charge in [-0.25, -0.2) is 0 Å². The Morgan fingerprint density at radius 3 is 2.53 bits per heavy atom. The molecule has 2 aromatic carbocycles. The summed E-state index contributed by atoms with van der Waals surface area (Å²) in [6.45, 7) is 6.85. The Balaban J connectivity index is 1.56. The fourth-order valence-corrected chi connectivity index (χ4v) is 4.31. The molecule has 0 fully saturated rings. The van der Waals surface area contributed by atoms with Crippen molar-refractivity contribution in [1.29, 1.82) is 0 Å². The number of carbonyl (C=O) groups is 2. The van der Waals surface area contributed by atoms with Crippen molar-refractivity contribution in [3.05, 3.63) is 89.4 Å². The van der Waals surface area contributed by atoms with E-state index in [4.69, 9.17) is 9.15 Å². The van der Waals surface area contributed by atoms with Gasteiger partial charge in [0.1, 0.15) is 11.5 Å². The molecule has 0 spiro atoms. The van der Waals surface area contributed by atoms with Crippen LogP contribution in [0.4, 0.5) is 0 Å². The Labute approximate surface area is 201 Å². The van der Waals surface area contributed by atoms with Crippen LogP contribution < -0.4 is 4.74 Å². The zero-order chi connectivity index (χ0) is 24.3. The zero-order valence-corrected chi connectivity index (χ0v) is 20.3. The zero-order valence-electron chi connectivity index (χ0n) is 20.3. The summed E-state index contributed by atoms with van der Waals surface area (Å²) < 4.78 is 11.2. The average Bonchev–Trinajstić information content (AvgIpc) is 3.34. The summed E-state index contributed by atoms with van der Waals surface area (Å²) in [5.74, 6) is 1.31. The number of amides is 2. The minimum Gasteiger partial charge on any atom is -0.484 e. The summed E-state index contributed by atoms with van der Waals surface area (Å²) in [6, 6.07) is 19.5. The first kappa shape index (κ1) is 23.6. The molecule has 4 rings (SSSR count). The van der Waals surface area contributed by atoms with Gasteiger partial charge in [0, 0.05) is 19.0 Å². The molecule has 6 nitrogen and oxygen atoms in total. The lowest BCUT2D eigenvalue weighted by atomic mass is 9.85. The van der Waals surface area contributed by atoms with Gasteiger partial charge in [-0.1, -0.05) is 57.2 Å². The lowest BCUT2D eigenvalue weighted by Gasteiger charge is -2.41. The number of fused-ring (bicyclic) bond motifs is 1. The van der Waals surface area contributed by atoms with E-state index in [9.17, 15) is 9.59 Å². The van der Waals surface area contributed by atoms with E-state index in [0.29, 0.717) is 18.8 Å². The number of hydrogen-bond donors (Lipinski definition) is 0. The first-order chi connectivity index (χ1) is 16.2. The topological polar surface area (TPSA) is 63.0 Å². The average molecular weight is 461 g/mol. The Morgan fingerprint density at radius 1 is 1.09 bits per heavy atom. The molecule has 2 amide bonds. The maximum atomic E-state index is 13.4. The summed E-state index contributed by atoms with van der Waals surface area (Å²) in [6.07, 6.45) is 2.37. The van der Waals surface area contributed by atoms with Crippen LogP contribution in [-0.4, -0.2) is 41.8 Å². The Bertz CT molecular complexity index is 1130. The largest absolute Gasteiger partial charge is 0.484 e. The SMILES string of the molecule is CN(Cc1ccco1)C(=O)COc1ccc2c(c1)C(c1ccccc1)N(C(=O)C(C)(C)C)CC2. The second kappa shape index (κ2) is 9.75. The van der Waals surface area contributed by atoms with E-state index >= 15 is 0 Å². The predicted octanol–water partition coefficient (Wildman–Crippen LogP) is 4.84. The maximum Gasteiger partial charge on any atom is 0.260 e. The summed E-state index contributed by atoms with van der Waals surface area (Å²) in [5.41, 5.74) is 2.82. The smallest absolute Gasteiger partial charge is 0.260 e. The highest BCUT2D eigenvalue weighted by Crippen LogP contribution is 2.39. The number of furan rings is 1. The van der Waals surface area contributed by atoms with Crippen LogP contribution in [0.5, 0.6) is 5.75 Å². The van der Waals surface area contributed by atoms with Crippen molar-refractivity contribution in [1.82, 2.24) is 9.80 Å². The standard InChI is InChI=1S/C28H32N2O4/c1-28(2,3)27(32)30-15-14-20-12-13-22(17-24(20)26(30)21-9-6-5-7-10-21)34-19-25(31)29(4)18-23-11-8-16-33-23/h5-13,16-17,26H,14-15,18-19H2,1-4H3. The summed E-state index contributed by atoms with van der Waals surface area (Å²) in [5, 5.41) is 0. The molecule has 178 valence electrons. The molecule has 1 unspecified atom stereocenters. The van der Waals surface area contributed by atoms with Crippen molar-refractivity contribution in [2.45, 2.75) is 39.8 Å². The van der Waals surface area contributed by atoms with Crippen LogP contribution in [0.25, 0.3) is 0 Å². The van der Waals surface area contributed by atoms with Gasteiger partial charge in [0.15, 0.2) is 6.61 Å². The van der Waals surface area contributed by atoms with Crippen molar-refractivity contribution in [2.24, 2.45) is 5.41 Å². The van der Waals surface area contributed by atoms with E-state index in [0.717, 1.165) is 23.3 Å². The minimum atomic E-state index is -0.482. The third-order valence-corrected chi connectivity index (χ3v) is 6.12. The van der Waals surface area contributed by atoms with E-state index in [1.54, 1.807) is 24.3 Å². The molecule has 3 aromatic rings. The Hall–Kier alpha value is -3.54. The van der Waals surface area contributed by atoms with Crippen molar-refractivity contribution in [3.63, 3.8) is 0 Å². The lowest BCUT2D eigenvalue weighted by Crippen LogP contribution is -2.45. The van der Waals surface area contributed by atoms with E-state index in [1.165, 1.54) is 5.56 Å². The maximum absolute atomic E-state index is 13.4. The number of carbonyl (C=O) groups excluding carboxylic acids is 2. The molecule has 0 N–H and O–H groups in total. The molecule has 0 radical (unpaired) electrons. The molecule has 0 aliphatic carbocycles. The van der Waals surface area contributed by atoms with Gasteiger partial charge < -0.3 is 19.0 Å². The fraction of sp³-hybridized carbons (Fsp3) is 0.357. The molecule has 2 heterocycles. The normalized spacial score (nSPS) is 15.5. The molecular formula is C28H32N2O4. The Kier molecular flexibility index (Phi) is 6.77. The molecule has 34 heavy (non-hydrogen) atoms. The lowest BCUT2D eigenvalue weighted by molar-refractivity contribution is -0.141. The quantitative estimate of drug-likeness (QED) is 0.528. The first-order valence-corrected chi connectivity index (χ1v) is 11.6. The van der Waals surface area contributed by atoms with E-state index in [2.05, 4.69) is 18.2 Å². The van der Waals surface area contributed by atoms with Crippen LogP contribution in [0.1, 0.15) is 49.3 Å². The number of likely N-dealkylation sites (N-methyl/N-ethyl adjacent to an activating group) is 1. The van der Waals surface area contributed by atoms with Crippen molar-refractivity contribution < 1.29 is 18.7 Å². The molecule has 1 atom stereocenters. The van der Waals surface area contributed by atoms with E-state index in [-0.39, 0.29) is 24.5 Å². The van der Waals surface area contributed by atoms with Gasteiger partial charge >= 0.3 is 0 Å². The molecular weight excluding hydrogens is 428 g/mol. The number of hydrogen-bond acceptors (Lipinski definition) is 4. The number of rotatable bonds is 6. The fourth-order valence-electron chi connectivity index (χ4n) is 4.31. The minimum absolute atomic E-state index is 0.0728. The van der Waals surface area contributed by atoms with E-state index in [1.807, 2.05) is 62.1 Å². The van der Waals surface area contributed by atoms with Gasteiger partial charge in [-0.05, 0) is 47.4 Å². The second-order valence-electron chi connectivity index (χ2n) is 9.79. The monoisotopic (exact) mass is 460 g/mol. The van der Waals surface area contributed by atoms with Crippen molar-refractivity contribution in [3.8, 4) is 5.75 Å². The molecule has 1 aliphatic heterocycles.